The highest BCUT2D eigenvalue weighted by molar-refractivity contribution is 6.06. The number of carbonyl (C=O) groups is 2. The number of furan rings is 1. The molecule has 0 spiro atoms. The van der Waals surface area contributed by atoms with E-state index < -0.39 is 11.6 Å². The van der Waals surface area contributed by atoms with E-state index >= 15 is 0 Å². The Morgan fingerprint density at radius 1 is 1.12 bits per heavy atom. The summed E-state index contributed by atoms with van der Waals surface area (Å²) in [6.45, 7) is 7.78. The number of nitrogens with one attached hydrogen (secondary N) is 1. The van der Waals surface area contributed by atoms with Crippen molar-refractivity contribution in [2.24, 2.45) is 0 Å². The minimum atomic E-state index is -1.18. The molecule has 3 rings (SSSR count). The largest absolute Gasteiger partial charge is 0.491 e. The van der Waals surface area contributed by atoms with Crippen molar-refractivity contribution in [2.75, 3.05) is 13.2 Å². The van der Waals surface area contributed by atoms with Crippen molar-refractivity contribution in [1.82, 2.24) is 10.2 Å². The van der Waals surface area contributed by atoms with Crippen molar-refractivity contribution in [3.63, 3.8) is 0 Å². The van der Waals surface area contributed by atoms with Crippen LogP contribution in [0.15, 0.2) is 34.7 Å². The Balaban J connectivity index is 1.69. The molecule has 0 aliphatic carbocycles. The molecule has 1 aromatic heterocycles. The molecule has 6 heteroatoms. The molecule has 1 atom stereocenters. The van der Waals surface area contributed by atoms with Crippen molar-refractivity contribution in [2.45, 2.75) is 33.2 Å². The van der Waals surface area contributed by atoms with Gasteiger partial charge in [0, 0.05) is 0 Å². The van der Waals surface area contributed by atoms with Crippen LogP contribution in [0.4, 0.5) is 4.79 Å². The van der Waals surface area contributed by atoms with E-state index in [2.05, 4.69) is 5.32 Å². The number of ether oxygens (including phenoxy) is 1. The average Bonchev–Trinajstić information content (AvgIpc) is 3.08. The lowest BCUT2D eigenvalue weighted by Crippen LogP contribution is -2.41. The first-order valence-electron chi connectivity index (χ1n) is 8.23. The Bertz CT molecular complexity index is 806. The highest BCUT2D eigenvalue weighted by atomic mass is 16.5. The number of hydrogen-bond acceptors (Lipinski definition) is 4. The third-order valence-electron chi connectivity index (χ3n) is 4.48. The Morgan fingerprint density at radius 2 is 1.80 bits per heavy atom. The maximum Gasteiger partial charge on any atom is 0.325 e. The van der Waals surface area contributed by atoms with Gasteiger partial charge in [0.25, 0.3) is 5.91 Å². The van der Waals surface area contributed by atoms with Gasteiger partial charge in [0.05, 0.1) is 6.54 Å². The van der Waals surface area contributed by atoms with E-state index in [1.165, 1.54) is 4.90 Å². The predicted octanol–water partition coefficient (Wildman–Crippen LogP) is 3.05. The third-order valence-corrected chi connectivity index (χ3v) is 4.48. The summed E-state index contributed by atoms with van der Waals surface area (Å²) in [6, 6.07) is 8.94. The second-order valence-corrected chi connectivity index (χ2v) is 6.49. The van der Waals surface area contributed by atoms with E-state index in [1.54, 1.807) is 26.0 Å². The van der Waals surface area contributed by atoms with Gasteiger partial charge in [-0.3, -0.25) is 9.69 Å². The number of hydrogen-bond donors (Lipinski definition) is 1. The van der Waals surface area contributed by atoms with Gasteiger partial charge < -0.3 is 14.5 Å². The van der Waals surface area contributed by atoms with Crippen LogP contribution >= 0.6 is 0 Å². The molecule has 132 valence electrons. The minimum Gasteiger partial charge on any atom is -0.491 e. The SMILES string of the molecule is Cc1ccc(C2(C)NC(=O)N(CCOc3c(C)cccc3C)C2=O)o1. The van der Waals surface area contributed by atoms with Gasteiger partial charge >= 0.3 is 6.03 Å². The number of urea groups is 1. The van der Waals surface area contributed by atoms with Crippen molar-refractivity contribution in [3.8, 4) is 5.75 Å². The standard InChI is InChI=1S/C19H22N2O4/c1-12-6-5-7-13(2)16(12)24-11-10-21-17(22)19(4,20-18(21)23)15-9-8-14(3)25-15/h5-9H,10-11H2,1-4H3,(H,20,23). The number of benzene rings is 1. The molecule has 6 nitrogen and oxygen atoms in total. The molecule has 3 amide bonds. The Hall–Kier alpha value is -2.76. The Morgan fingerprint density at radius 3 is 2.40 bits per heavy atom. The lowest BCUT2D eigenvalue weighted by Gasteiger charge is -2.19. The smallest absolute Gasteiger partial charge is 0.325 e. The molecule has 2 heterocycles. The number of nitrogens with zero attached hydrogens (tertiary/aromatic N) is 1. The molecule has 0 bridgehead atoms. The zero-order valence-electron chi connectivity index (χ0n) is 14.9. The van der Waals surface area contributed by atoms with Gasteiger partial charge in [-0.25, -0.2) is 4.79 Å². The van der Waals surface area contributed by atoms with Gasteiger partial charge in [-0.15, -0.1) is 0 Å². The van der Waals surface area contributed by atoms with Gasteiger partial charge in [-0.2, -0.15) is 0 Å². The molecule has 1 aliphatic rings. The van der Waals surface area contributed by atoms with Crippen molar-refractivity contribution < 1.29 is 18.7 Å². The molecule has 2 aromatic rings. The summed E-state index contributed by atoms with van der Waals surface area (Å²) in [7, 11) is 0. The molecule has 1 aromatic carbocycles. The van der Waals surface area contributed by atoms with Crippen molar-refractivity contribution >= 4 is 11.9 Å². The van der Waals surface area contributed by atoms with Gasteiger partial charge in [0.15, 0.2) is 5.54 Å². The van der Waals surface area contributed by atoms with Crippen LogP contribution in [0.5, 0.6) is 5.75 Å². The monoisotopic (exact) mass is 342 g/mol. The number of aryl methyl sites for hydroxylation is 3. The summed E-state index contributed by atoms with van der Waals surface area (Å²) in [5, 5.41) is 2.72. The predicted molar refractivity (Wildman–Crippen MR) is 92.5 cm³/mol. The fourth-order valence-electron chi connectivity index (χ4n) is 3.04. The second-order valence-electron chi connectivity index (χ2n) is 6.49. The molecular formula is C19H22N2O4. The lowest BCUT2D eigenvalue weighted by molar-refractivity contribution is -0.131. The summed E-state index contributed by atoms with van der Waals surface area (Å²) in [5.41, 5.74) is 0.866. The minimum absolute atomic E-state index is 0.174. The van der Waals surface area contributed by atoms with Crippen LogP contribution in [0.1, 0.15) is 29.6 Å². The zero-order chi connectivity index (χ0) is 18.2. The molecule has 1 saturated heterocycles. The van der Waals surface area contributed by atoms with E-state index in [-0.39, 0.29) is 19.1 Å². The number of imide groups is 1. The number of para-hydroxylation sites is 1. The molecule has 25 heavy (non-hydrogen) atoms. The number of rotatable bonds is 5. The fourth-order valence-corrected chi connectivity index (χ4v) is 3.04. The average molecular weight is 342 g/mol. The van der Waals surface area contributed by atoms with E-state index in [4.69, 9.17) is 9.15 Å². The normalized spacial score (nSPS) is 20.1. The zero-order valence-corrected chi connectivity index (χ0v) is 14.9. The second kappa shape index (κ2) is 6.27. The van der Waals surface area contributed by atoms with Crippen LogP contribution in [-0.2, 0) is 10.3 Å². The fraction of sp³-hybridized carbons (Fsp3) is 0.368. The van der Waals surface area contributed by atoms with Crippen molar-refractivity contribution in [3.05, 3.63) is 53.0 Å². The molecule has 0 saturated carbocycles. The summed E-state index contributed by atoms with van der Waals surface area (Å²) < 4.78 is 11.4. The highest BCUT2D eigenvalue weighted by Gasteiger charge is 2.50. The van der Waals surface area contributed by atoms with Crippen LogP contribution in [0.2, 0.25) is 0 Å². The van der Waals surface area contributed by atoms with Crippen LogP contribution in [-0.4, -0.2) is 30.0 Å². The van der Waals surface area contributed by atoms with E-state index in [1.807, 2.05) is 32.0 Å². The van der Waals surface area contributed by atoms with Gasteiger partial charge in [-0.1, -0.05) is 18.2 Å². The maximum absolute atomic E-state index is 12.8. The highest BCUT2D eigenvalue weighted by Crippen LogP contribution is 2.30. The number of amides is 3. The van der Waals surface area contributed by atoms with Gasteiger partial charge in [0.2, 0.25) is 0 Å². The Kier molecular flexibility index (Phi) is 4.29. The Labute approximate surface area is 146 Å². The summed E-state index contributed by atoms with van der Waals surface area (Å²) in [5.74, 6) is 1.58. The molecule has 1 unspecified atom stereocenters. The molecule has 1 aliphatic heterocycles. The van der Waals surface area contributed by atoms with E-state index in [0.29, 0.717) is 11.5 Å². The number of carbonyl (C=O) groups excluding carboxylic acids is 2. The van der Waals surface area contributed by atoms with Crippen LogP contribution in [0, 0.1) is 20.8 Å². The third kappa shape index (κ3) is 2.99. The van der Waals surface area contributed by atoms with E-state index in [0.717, 1.165) is 16.9 Å². The molecule has 1 N–H and O–H groups in total. The van der Waals surface area contributed by atoms with Crippen LogP contribution < -0.4 is 10.1 Å². The first-order chi connectivity index (χ1) is 11.8. The van der Waals surface area contributed by atoms with Crippen molar-refractivity contribution in [1.29, 1.82) is 0 Å². The molecular weight excluding hydrogens is 320 g/mol. The first-order valence-corrected chi connectivity index (χ1v) is 8.23. The lowest BCUT2D eigenvalue weighted by atomic mass is 9.99. The maximum atomic E-state index is 12.8. The van der Waals surface area contributed by atoms with Gasteiger partial charge in [0.1, 0.15) is 23.9 Å². The molecule has 0 radical (unpaired) electrons. The van der Waals surface area contributed by atoms with Crippen LogP contribution in [0.25, 0.3) is 0 Å². The molecule has 1 fully saturated rings. The first kappa shape index (κ1) is 17.1. The van der Waals surface area contributed by atoms with Crippen LogP contribution in [0.3, 0.4) is 0 Å². The topological polar surface area (TPSA) is 71.8 Å². The summed E-state index contributed by atoms with van der Waals surface area (Å²) in [6.07, 6.45) is 0. The summed E-state index contributed by atoms with van der Waals surface area (Å²) in [4.78, 5) is 26.2. The quantitative estimate of drug-likeness (QED) is 0.848. The van der Waals surface area contributed by atoms with E-state index in [9.17, 15) is 9.59 Å². The summed E-state index contributed by atoms with van der Waals surface area (Å²) >= 11 is 0. The van der Waals surface area contributed by atoms with Gasteiger partial charge in [-0.05, 0) is 51.0 Å².